The lowest BCUT2D eigenvalue weighted by atomic mass is 9.87. The van der Waals surface area contributed by atoms with Crippen molar-refractivity contribution in [2.24, 2.45) is 5.41 Å². The molecule has 16 nitrogen and oxygen atoms in total. The number of quaternary nitrogens is 1. The van der Waals surface area contributed by atoms with E-state index in [-0.39, 0.29) is 51.3 Å². The summed E-state index contributed by atoms with van der Waals surface area (Å²) in [7, 11) is 1.77. The van der Waals surface area contributed by atoms with Crippen LogP contribution >= 0.6 is 19.5 Å². The van der Waals surface area contributed by atoms with E-state index in [0.717, 1.165) is 11.8 Å². The van der Waals surface area contributed by atoms with Crippen molar-refractivity contribution in [2.75, 3.05) is 59.7 Å². The van der Waals surface area contributed by atoms with Crippen molar-refractivity contribution in [3.8, 4) is 0 Å². The van der Waals surface area contributed by atoms with Gasteiger partial charge in [0, 0.05) is 37.1 Å². The van der Waals surface area contributed by atoms with Crippen LogP contribution in [0.15, 0.2) is 0 Å². The summed E-state index contributed by atoms with van der Waals surface area (Å²) < 4.78 is 29.1. The van der Waals surface area contributed by atoms with Crippen LogP contribution < -0.4 is 15.7 Å². The number of thioether (sulfide) groups is 1. The van der Waals surface area contributed by atoms with Crippen LogP contribution in [0.5, 0.6) is 0 Å². The van der Waals surface area contributed by atoms with Gasteiger partial charge in [0.1, 0.15) is 30.8 Å². The van der Waals surface area contributed by atoms with Crippen LogP contribution in [-0.4, -0.2) is 122 Å². The number of ether oxygens (including phenoxy) is 1. The summed E-state index contributed by atoms with van der Waals surface area (Å²) in [5.74, 6) is -3.71. The number of esters is 1. The lowest BCUT2D eigenvalue weighted by Gasteiger charge is -2.40. The normalized spacial score (nSPS) is 20.0. The standard InChI is InChI=1S/C27H45N4O12PS/c1-18(26(38)39)30-44(40)42-17-27(2,3)24(43-44)25(37)29-10-9-21(34)28-11-14-45-23(36)16-20(33)15-19(32)7-8-22(35)41-13-12-31(4,5)6/h18,24H,7-17H2,1-6H3,(H3-,28,29,30,34,37,38,39,40)/p+1/t18-,24-,44?/m0/s1. The maximum absolute atomic E-state index is 12.8. The second kappa shape index (κ2) is 18.5. The Labute approximate surface area is 267 Å². The van der Waals surface area contributed by atoms with Gasteiger partial charge in [0.05, 0.1) is 47.0 Å². The average molecular weight is 682 g/mol. The van der Waals surface area contributed by atoms with Gasteiger partial charge in [-0.3, -0.25) is 42.6 Å². The Bertz CT molecular complexity index is 1160. The quantitative estimate of drug-likeness (QED) is 0.0450. The molecule has 18 heteroatoms. The van der Waals surface area contributed by atoms with E-state index >= 15 is 0 Å². The number of likely N-dealkylation sites (N-methyl/N-ethyl adjacent to an activating group) is 1. The predicted octanol–water partition coefficient (Wildman–Crippen LogP) is 0.429. The van der Waals surface area contributed by atoms with Gasteiger partial charge < -0.3 is 25.0 Å². The van der Waals surface area contributed by atoms with Gasteiger partial charge in [0.25, 0.3) is 0 Å². The molecule has 1 unspecified atom stereocenters. The number of rotatable bonds is 20. The van der Waals surface area contributed by atoms with Crippen molar-refractivity contribution in [3.05, 3.63) is 0 Å². The summed E-state index contributed by atoms with van der Waals surface area (Å²) in [5.41, 5.74) is -0.897. The van der Waals surface area contributed by atoms with E-state index in [1.807, 2.05) is 21.1 Å². The van der Waals surface area contributed by atoms with Crippen molar-refractivity contribution < 1.29 is 61.5 Å². The van der Waals surface area contributed by atoms with Crippen LogP contribution in [0.3, 0.4) is 0 Å². The summed E-state index contributed by atoms with van der Waals surface area (Å²) in [6, 6.07) is -1.25. The molecule has 2 amide bonds. The molecular weight excluding hydrogens is 635 g/mol. The first-order chi connectivity index (χ1) is 20.7. The third-order valence-corrected chi connectivity index (χ3v) is 8.76. The zero-order chi connectivity index (χ0) is 34.4. The van der Waals surface area contributed by atoms with Gasteiger partial charge in [-0.2, -0.15) is 0 Å². The van der Waals surface area contributed by atoms with Gasteiger partial charge >= 0.3 is 19.7 Å². The third kappa shape index (κ3) is 17.0. The van der Waals surface area contributed by atoms with Gasteiger partial charge in [-0.15, -0.1) is 0 Å². The first-order valence-corrected chi connectivity index (χ1v) is 16.9. The van der Waals surface area contributed by atoms with Crippen LogP contribution in [0, 0.1) is 5.41 Å². The van der Waals surface area contributed by atoms with E-state index in [9.17, 15) is 38.1 Å². The highest BCUT2D eigenvalue weighted by Gasteiger charge is 2.48. The monoisotopic (exact) mass is 681 g/mol. The van der Waals surface area contributed by atoms with Crippen LogP contribution in [0.4, 0.5) is 0 Å². The summed E-state index contributed by atoms with van der Waals surface area (Å²) in [5, 5.41) is 15.9. The van der Waals surface area contributed by atoms with E-state index in [1.54, 1.807) is 13.8 Å². The van der Waals surface area contributed by atoms with E-state index < -0.39 is 78.6 Å². The van der Waals surface area contributed by atoms with Gasteiger partial charge in [-0.25, -0.2) is 9.65 Å². The number of hydrogen-bond acceptors (Lipinski definition) is 12. The van der Waals surface area contributed by atoms with E-state index in [2.05, 4.69) is 15.7 Å². The number of nitrogens with one attached hydrogen (secondary N) is 3. The Morgan fingerprint density at radius 1 is 1.00 bits per heavy atom. The molecule has 0 saturated carbocycles. The second-order valence-electron chi connectivity index (χ2n) is 12.2. The Morgan fingerprint density at radius 3 is 2.29 bits per heavy atom. The molecule has 1 saturated heterocycles. The first-order valence-electron chi connectivity index (χ1n) is 14.4. The molecular formula is C27H46N4O12PS+. The predicted molar refractivity (Wildman–Crippen MR) is 163 cm³/mol. The Balaban J connectivity index is 2.28. The number of carbonyl (C=O) groups excluding carboxylic acids is 6. The van der Waals surface area contributed by atoms with Crippen molar-refractivity contribution >= 4 is 59.9 Å². The summed E-state index contributed by atoms with van der Waals surface area (Å²) >= 11 is 0.827. The largest absolute Gasteiger partial charge is 0.480 e. The zero-order valence-electron chi connectivity index (χ0n) is 26.7. The minimum Gasteiger partial charge on any atom is -0.480 e. The smallest absolute Gasteiger partial charge is 0.407 e. The van der Waals surface area contributed by atoms with Crippen LogP contribution in [-0.2, 0) is 51.9 Å². The van der Waals surface area contributed by atoms with Crippen LogP contribution in [0.1, 0.15) is 52.9 Å². The number of amides is 2. The van der Waals surface area contributed by atoms with Crippen molar-refractivity contribution in [1.29, 1.82) is 0 Å². The summed E-state index contributed by atoms with van der Waals surface area (Å²) in [6.07, 6.45) is -2.53. The molecule has 1 heterocycles. The molecule has 4 N–H and O–H groups in total. The molecule has 0 spiro atoms. The summed E-state index contributed by atoms with van der Waals surface area (Å²) in [4.78, 5) is 83.7. The maximum Gasteiger partial charge on any atom is 0.407 e. The highest BCUT2D eigenvalue weighted by molar-refractivity contribution is 8.13. The van der Waals surface area contributed by atoms with E-state index in [0.29, 0.717) is 11.0 Å². The fourth-order valence-electron chi connectivity index (χ4n) is 3.57. The second-order valence-corrected chi connectivity index (χ2v) is 15.1. The Kier molecular flexibility index (Phi) is 16.5. The molecule has 1 aliphatic heterocycles. The average Bonchev–Trinajstić information content (AvgIpc) is 2.90. The SMILES string of the molecule is C[C@H](NP1(=O)OCC(C)(C)[C@H](C(=O)NCCC(=O)NCCSC(=O)CC(=O)CC(=O)CCC(=O)OCC[N+](C)(C)C)O1)C(=O)O. The lowest BCUT2D eigenvalue weighted by molar-refractivity contribution is -0.870. The van der Waals surface area contributed by atoms with Crippen LogP contribution in [0.25, 0.3) is 0 Å². The van der Waals surface area contributed by atoms with E-state index in [4.69, 9.17) is 18.9 Å². The molecule has 0 aliphatic carbocycles. The van der Waals surface area contributed by atoms with Crippen LogP contribution in [0.2, 0.25) is 0 Å². The molecule has 1 fully saturated rings. The van der Waals surface area contributed by atoms with Gasteiger partial charge in [-0.1, -0.05) is 25.6 Å². The number of Topliss-reactive ketones (excluding diaryl/α,β-unsaturated/α-hetero) is 2. The molecule has 3 atom stereocenters. The van der Waals surface area contributed by atoms with Crippen molar-refractivity contribution in [2.45, 2.75) is 65.0 Å². The number of nitrogens with zero attached hydrogens (tertiary/aromatic N) is 1. The zero-order valence-corrected chi connectivity index (χ0v) is 28.4. The molecule has 0 radical (unpaired) electrons. The number of aliphatic carboxylic acids is 1. The fourth-order valence-corrected chi connectivity index (χ4v) is 6.20. The third-order valence-electron chi connectivity index (χ3n) is 6.23. The Morgan fingerprint density at radius 2 is 1.67 bits per heavy atom. The summed E-state index contributed by atoms with van der Waals surface area (Å²) in [6.45, 7) is 5.27. The molecule has 1 rings (SSSR count). The van der Waals surface area contributed by atoms with Crippen molar-refractivity contribution in [3.63, 3.8) is 0 Å². The number of hydrogen-bond donors (Lipinski definition) is 4. The molecule has 0 aromatic carbocycles. The number of carbonyl (C=O) groups is 7. The van der Waals surface area contributed by atoms with Gasteiger partial charge in [0.15, 0.2) is 11.2 Å². The number of ketones is 2. The molecule has 0 aromatic rings. The molecule has 0 bridgehead atoms. The van der Waals surface area contributed by atoms with Crippen molar-refractivity contribution in [1.82, 2.24) is 15.7 Å². The van der Waals surface area contributed by atoms with Gasteiger partial charge in [0.2, 0.25) is 11.8 Å². The minimum atomic E-state index is -4.08. The first kappa shape index (κ1) is 40.3. The lowest BCUT2D eigenvalue weighted by Crippen LogP contribution is -2.51. The molecule has 256 valence electrons. The highest BCUT2D eigenvalue weighted by Crippen LogP contribution is 2.53. The fraction of sp³-hybridized carbons (Fsp3) is 0.741. The van der Waals surface area contributed by atoms with E-state index in [1.165, 1.54) is 6.92 Å². The minimum absolute atomic E-state index is 0.0761. The topological polar surface area (TPSA) is 221 Å². The highest BCUT2D eigenvalue weighted by atomic mass is 32.2. The number of carboxylic acid groups (broad SMARTS) is 1. The van der Waals surface area contributed by atoms with Gasteiger partial charge in [-0.05, 0) is 6.92 Å². The Hall–Kier alpha value is -2.69. The molecule has 45 heavy (non-hydrogen) atoms. The molecule has 0 aromatic heterocycles. The number of carboxylic acids is 1. The maximum atomic E-state index is 12.8. The molecule has 1 aliphatic rings.